The molecule has 0 amide bonds. The second-order valence-electron chi connectivity index (χ2n) is 3.72. The topological polar surface area (TPSA) is 27.3 Å². The van der Waals surface area contributed by atoms with Crippen molar-refractivity contribution < 1.29 is 0 Å². The first-order valence-electron chi connectivity index (χ1n) is 4.86. The van der Waals surface area contributed by atoms with Crippen molar-refractivity contribution >= 4 is 0 Å². The number of hydrogen-bond donors (Lipinski definition) is 2. The molecule has 0 saturated carbocycles. The monoisotopic (exact) mass is 173 g/mol. The van der Waals surface area contributed by atoms with E-state index in [1.807, 2.05) is 0 Å². The molecule has 3 heteroatoms. The summed E-state index contributed by atoms with van der Waals surface area (Å²) in [4.78, 5) is 0. The van der Waals surface area contributed by atoms with Crippen LogP contribution in [-0.4, -0.2) is 23.7 Å². The Kier molecular flexibility index (Phi) is 6.34. The lowest BCUT2D eigenvalue weighted by molar-refractivity contribution is 0.0832. The average Bonchev–Trinajstić information content (AvgIpc) is 1.84. The molecule has 0 aromatic carbocycles. The van der Waals surface area contributed by atoms with Gasteiger partial charge >= 0.3 is 0 Å². The highest BCUT2D eigenvalue weighted by Gasteiger charge is 2.05. The summed E-state index contributed by atoms with van der Waals surface area (Å²) in [5.41, 5.74) is 6.67. The van der Waals surface area contributed by atoms with Gasteiger partial charge in [0.25, 0.3) is 0 Å². The summed E-state index contributed by atoms with van der Waals surface area (Å²) in [6.45, 7) is 11.8. The highest BCUT2D eigenvalue weighted by Crippen LogP contribution is 1.88. The summed E-state index contributed by atoms with van der Waals surface area (Å²) < 4.78 is 0. The first kappa shape index (κ1) is 11.9. The van der Waals surface area contributed by atoms with E-state index in [-0.39, 0.29) is 0 Å². The molecule has 0 spiro atoms. The summed E-state index contributed by atoms with van der Waals surface area (Å²) >= 11 is 0. The molecule has 0 aliphatic rings. The molecular weight excluding hydrogens is 150 g/mol. The number of nitrogens with one attached hydrogen (secondary N) is 2. The molecule has 0 fully saturated rings. The van der Waals surface area contributed by atoms with Crippen LogP contribution >= 0.6 is 0 Å². The van der Waals surface area contributed by atoms with Gasteiger partial charge in [0.15, 0.2) is 0 Å². The Bertz CT molecular complexity index is 91.9. The van der Waals surface area contributed by atoms with Gasteiger partial charge in [-0.2, -0.15) is 5.12 Å². The fourth-order valence-corrected chi connectivity index (χ4v) is 1.01. The first-order valence-corrected chi connectivity index (χ1v) is 4.86. The van der Waals surface area contributed by atoms with E-state index in [4.69, 9.17) is 0 Å². The Hall–Kier alpha value is -0.120. The van der Waals surface area contributed by atoms with E-state index in [0.717, 1.165) is 13.0 Å². The molecule has 0 rings (SSSR count). The molecule has 0 aromatic heterocycles. The van der Waals surface area contributed by atoms with E-state index < -0.39 is 0 Å². The maximum atomic E-state index is 3.33. The number of hydrogen-bond acceptors (Lipinski definition) is 3. The van der Waals surface area contributed by atoms with Crippen LogP contribution in [-0.2, 0) is 0 Å². The van der Waals surface area contributed by atoms with Gasteiger partial charge in [-0.3, -0.25) is 0 Å². The Labute approximate surface area is 76.5 Å². The zero-order valence-corrected chi connectivity index (χ0v) is 9.02. The van der Waals surface area contributed by atoms with Gasteiger partial charge < -0.3 is 0 Å². The van der Waals surface area contributed by atoms with Gasteiger partial charge in [-0.15, -0.1) is 0 Å². The molecule has 0 aliphatic carbocycles. The van der Waals surface area contributed by atoms with E-state index in [9.17, 15) is 0 Å². The van der Waals surface area contributed by atoms with Crippen LogP contribution in [0.4, 0.5) is 0 Å². The zero-order valence-electron chi connectivity index (χ0n) is 9.02. The summed E-state index contributed by atoms with van der Waals surface area (Å²) in [5.74, 6) is 0. The Morgan fingerprint density at radius 3 is 1.67 bits per heavy atom. The van der Waals surface area contributed by atoms with Crippen LogP contribution in [0.2, 0.25) is 0 Å². The lowest BCUT2D eigenvalue weighted by atomic mass is 10.4. The van der Waals surface area contributed by atoms with Gasteiger partial charge in [-0.25, -0.2) is 10.9 Å². The van der Waals surface area contributed by atoms with Crippen LogP contribution in [0.3, 0.4) is 0 Å². The lowest BCUT2D eigenvalue weighted by Crippen LogP contribution is -2.53. The molecule has 2 N–H and O–H groups in total. The predicted octanol–water partition coefficient (Wildman–Crippen LogP) is 1.52. The number of hydrazine groups is 2. The SMILES string of the molecule is CCCN(NC(C)C)NC(C)C. The molecule has 0 aliphatic heterocycles. The van der Waals surface area contributed by atoms with Crippen molar-refractivity contribution in [2.45, 2.75) is 53.1 Å². The molecule has 0 aromatic rings. The van der Waals surface area contributed by atoms with Gasteiger partial charge in [0.2, 0.25) is 0 Å². The van der Waals surface area contributed by atoms with E-state index in [2.05, 4.69) is 50.6 Å². The van der Waals surface area contributed by atoms with Gasteiger partial charge in [-0.1, -0.05) is 6.92 Å². The molecule has 74 valence electrons. The van der Waals surface area contributed by atoms with Crippen LogP contribution in [0.15, 0.2) is 0 Å². The van der Waals surface area contributed by atoms with Crippen LogP contribution in [0, 0.1) is 0 Å². The van der Waals surface area contributed by atoms with Crippen molar-refractivity contribution in [1.29, 1.82) is 0 Å². The standard InChI is InChI=1S/C9H23N3/c1-6-7-12(10-8(2)3)11-9(4)5/h8-11H,6-7H2,1-5H3. The lowest BCUT2D eigenvalue weighted by Gasteiger charge is -2.27. The molecule has 0 radical (unpaired) electrons. The second-order valence-corrected chi connectivity index (χ2v) is 3.72. The van der Waals surface area contributed by atoms with E-state index in [1.54, 1.807) is 0 Å². The van der Waals surface area contributed by atoms with Gasteiger partial charge in [0.1, 0.15) is 0 Å². The largest absolute Gasteiger partial charge is 0.239 e. The van der Waals surface area contributed by atoms with Crippen LogP contribution in [0.25, 0.3) is 0 Å². The second kappa shape index (κ2) is 6.40. The van der Waals surface area contributed by atoms with Crippen molar-refractivity contribution in [3.63, 3.8) is 0 Å². The fourth-order valence-electron chi connectivity index (χ4n) is 1.01. The predicted molar refractivity (Wildman–Crippen MR) is 53.5 cm³/mol. The van der Waals surface area contributed by atoms with Crippen LogP contribution < -0.4 is 10.9 Å². The van der Waals surface area contributed by atoms with Crippen molar-refractivity contribution in [3.05, 3.63) is 0 Å². The third kappa shape index (κ3) is 6.58. The van der Waals surface area contributed by atoms with Crippen molar-refractivity contribution in [3.8, 4) is 0 Å². The molecule has 3 nitrogen and oxygen atoms in total. The summed E-state index contributed by atoms with van der Waals surface area (Å²) in [6, 6.07) is 0.977. The maximum Gasteiger partial charge on any atom is 0.0285 e. The van der Waals surface area contributed by atoms with Gasteiger partial charge in [0.05, 0.1) is 0 Å². The molecule has 12 heavy (non-hydrogen) atoms. The third-order valence-electron chi connectivity index (χ3n) is 1.28. The van der Waals surface area contributed by atoms with Crippen LogP contribution in [0.1, 0.15) is 41.0 Å². The van der Waals surface area contributed by atoms with Crippen molar-refractivity contribution in [2.75, 3.05) is 6.54 Å². The minimum Gasteiger partial charge on any atom is -0.239 e. The number of nitrogens with zero attached hydrogens (tertiary/aromatic N) is 1. The Morgan fingerprint density at radius 1 is 1.00 bits per heavy atom. The van der Waals surface area contributed by atoms with Gasteiger partial charge in [-0.05, 0) is 34.1 Å². The third-order valence-corrected chi connectivity index (χ3v) is 1.28. The average molecular weight is 173 g/mol. The number of rotatable bonds is 6. The zero-order chi connectivity index (χ0) is 9.56. The maximum absolute atomic E-state index is 3.33. The first-order chi connectivity index (χ1) is 5.56. The van der Waals surface area contributed by atoms with E-state index >= 15 is 0 Å². The minimum atomic E-state index is 0.489. The molecule has 0 saturated heterocycles. The smallest absolute Gasteiger partial charge is 0.0285 e. The van der Waals surface area contributed by atoms with Crippen molar-refractivity contribution in [1.82, 2.24) is 16.0 Å². The minimum absolute atomic E-state index is 0.489. The van der Waals surface area contributed by atoms with Gasteiger partial charge in [0, 0.05) is 18.6 Å². The fraction of sp³-hybridized carbons (Fsp3) is 1.00. The summed E-state index contributed by atoms with van der Waals surface area (Å²) in [5, 5.41) is 2.08. The van der Waals surface area contributed by atoms with Crippen LogP contribution in [0.5, 0.6) is 0 Å². The molecular formula is C9H23N3. The summed E-state index contributed by atoms with van der Waals surface area (Å²) in [7, 11) is 0. The Balaban J connectivity index is 3.69. The molecule has 0 bridgehead atoms. The highest BCUT2D eigenvalue weighted by molar-refractivity contribution is 4.53. The molecule has 0 atom stereocenters. The quantitative estimate of drug-likeness (QED) is 0.596. The Morgan fingerprint density at radius 2 is 1.42 bits per heavy atom. The van der Waals surface area contributed by atoms with Crippen molar-refractivity contribution in [2.24, 2.45) is 0 Å². The highest BCUT2D eigenvalue weighted by atomic mass is 15.7. The van der Waals surface area contributed by atoms with E-state index in [1.165, 1.54) is 0 Å². The molecule has 0 heterocycles. The summed E-state index contributed by atoms with van der Waals surface area (Å²) in [6.07, 6.45) is 1.15. The molecule has 0 unspecified atom stereocenters. The van der Waals surface area contributed by atoms with E-state index in [0.29, 0.717) is 12.1 Å². The normalized spacial score (nSPS) is 12.0.